The summed E-state index contributed by atoms with van der Waals surface area (Å²) in [6.07, 6.45) is 0. The molecule has 7 aromatic rings. The first-order chi connectivity index (χ1) is 27.0. The summed E-state index contributed by atoms with van der Waals surface area (Å²) in [6, 6.07) is 27.4. The maximum Gasteiger partial charge on any atom is 0.266 e. The highest BCUT2D eigenvalue weighted by atomic mass is 16.2. The first kappa shape index (κ1) is 37.7. The van der Waals surface area contributed by atoms with Crippen molar-refractivity contribution in [2.75, 3.05) is 9.80 Å². The van der Waals surface area contributed by atoms with E-state index in [1.165, 1.54) is 9.80 Å². The van der Waals surface area contributed by atoms with E-state index in [4.69, 9.17) is 0 Å². The summed E-state index contributed by atoms with van der Waals surface area (Å²) in [6.45, 7) is 25.3. The van der Waals surface area contributed by atoms with Gasteiger partial charge in [0.05, 0.1) is 11.4 Å². The number of nitrogens with zero attached hydrogens (tertiary/aromatic N) is 2. The molecule has 0 N–H and O–H groups in total. The molecule has 0 fully saturated rings. The van der Waals surface area contributed by atoms with Gasteiger partial charge in [-0.1, -0.05) is 144 Å². The second kappa shape index (κ2) is 11.8. The third kappa shape index (κ3) is 5.09. The van der Waals surface area contributed by atoms with E-state index in [2.05, 4.69) is 83.1 Å². The van der Waals surface area contributed by atoms with Gasteiger partial charge in [0.1, 0.15) is 0 Å². The van der Waals surface area contributed by atoms with E-state index in [0.29, 0.717) is 44.4 Å². The van der Waals surface area contributed by atoms with Crippen LogP contribution in [0.3, 0.4) is 0 Å². The van der Waals surface area contributed by atoms with E-state index in [1.54, 1.807) is 0 Å². The Bertz CT molecular complexity index is 2620. The minimum Gasteiger partial charge on any atom is -0.268 e. The minimum atomic E-state index is -0.346. The SMILES string of the molecule is CC(C)(C)c1cccc(C(C)(C)C)c1N1C(=O)c2ccc3c4ccc5c6c(ccc(c7ccc(c2c37)C1=O)c64)C(=O)N(c1c(C(C)(C)C)cccc1C(C)(C)C)C5=O. The van der Waals surface area contributed by atoms with Gasteiger partial charge in [-0.05, 0) is 100 Å². The van der Waals surface area contributed by atoms with Crippen LogP contribution in [0, 0.1) is 0 Å². The number of imide groups is 2. The van der Waals surface area contributed by atoms with E-state index in [0.717, 1.165) is 54.6 Å². The van der Waals surface area contributed by atoms with Gasteiger partial charge in [-0.3, -0.25) is 19.2 Å². The summed E-state index contributed by atoms with van der Waals surface area (Å²) in [4.78, 5) is 62.4. The molecule has 4 amide bonds. The summed E-state index contributed by atoms with van der Waals surface area (Å²) in [5.74, 6) is -1.39. The second-order valence-electron chi connectivity index (χ2n) is 20.4. The van der Waals surface area contributed by atoms with Crippen LogP contribution in [0.15, 0.2) is 84.9 Å². The summed E-state index contributed by atoms with van der Waals surface area (Å²) in [5.41, 5.74) is 5.59. The monoisotopic (exact) mass is 766 g/mol. The largest absolute Gasteiger partial charge is 0.268 e. The van der Waals surface area contributed by atoms with Gasteiger partial charge in [-0.15, -0.1) is 0 Å². The van der Waals surface area contributed by atoms with Gasteiger partial charge in [0.2, 0.25) is 0 Å². The summed E-state index contributed by atoms with van der Waals surface area (Å²) >= 11 is 0. The molecule has 58 heavy (non-hydrogen) atoms. The first-order valence-electron chi connectivity index (χ1n) is 20.3. The van der Waals surface area contributed by atoms with Crippen LogP contribution in [-0.4, -0.2) is 23.6 Å². The molecule has 2 aliphatic rings. The molecule has 0 bridgehead atoms. The molecule has 6 nitrogen and oxygen atoms in total. The Morgan fingerprint density at radius 2 is 0.534 bits per heavy atom. The van der Waals surface area contributed by atoms with Crippen LogP contribution in [0.1, 0.15) is 147 Å². The van der Waals surface area contributed by atoms with Crippen LogP contribution in [-0.2, 0) is 21.7 Å². The predicted octanol–water partition coefficient (Wildman–Crippen LogP) is 12.5. The standard InChI is InChI=1S/C52H50N2O4/c1-49(2,3)35-15-13-16-36(50(4,5)6)43(35)53-45(55)31-23-19-27-29-21-25-33-42-34(26-22-30(40(29)42)28-20-24-32(46(53)56)41(31)39(27)28)48(58)54(47(33)57)44-37(51(7,8)9)17-14-18-38(44)52(10,11)12/h13-26H,1-12H3. The Labute approximate surface area is 340 Å². The highest BCUT2D eigenvalue weighted by Crippen LogP contribution is 2.50. The highest BCUT2D eigenvalue weighted by Gasteiger charge is 2.42. The van der Waals surface area contributed by atoms with Gasteiger partial charge < -0.3 is 0 Å². The molecule has 292 valence electrons. The first-order valence-corrected chi connectivity index (χ1v) is 20.3. The fraction of sp³-hybridized carbons (Fsp3) is 0.308. The molecule has 0 aliphatic carbocycles. The fourth-order valence-corrected chi connectivity index (χ4v) is 9.66. The van der Waals surface area contributed by atoms with Crippen LogP contribution >= 0.6 is 0 Å². The number of amides is 4. The van der Waals surface area contributed by atoms with Crippen LogP contribution in [0.2, 0.25) is 0 Å². The van der Waals surface area contributed by atoms with Crippen molar-refractivity contribution in [1.29, 1.82) is 0 Å². The molecular weight excluding hydrogens is 717 g/mol. The van der Waals surface area contributed by atoms with E-state index < -0.39 is 0 Å². The molecule has 9 rings (SSSR count). The van der Waals surface area contributed by atoms with Crippen molar-refractivity contribution in [2.45, 2.75) is 105 Å². The Morgan fingerprint density at radius 3 is 0.741 bits per heavy atom. The van der Waals surface area contributed by atoms with E-state index in [1.807, 2.05) is 84.9 Å². The quantitative estimate of drug-likeness (QED) is 0.0997. The third-order valence-electron chi connectivity index (χ3n) is 12.4. The van der Waals surface area contributed by atoms with Crippen LogP contribution in [0.25, 0.3) is 43.1 Å². The fourth-order valence-electron chi connectivity index (χ4n) is 9.66. The van der Waals surface area contributed by atoms with Gasteiger partial charge in [-0.25, -0.2) is 9.80 Å². The predicted molar refractivity (Wildman–Crippen MR) is 238 cm³/mol. The van der Waals surface area contributed by atoms with Gasteiger partial charge in [0.15, 0.2) is 0 Å². The number of benzene rings is 7. The number of carbonyl (C=O) groups is 4. The molecule has 0 radical (unpaired) electrons. The Hall–Kier alpha value is -5.88. The molecule has 0 unspecified atom stereocenters. The highest BCUT2D eigenvalue weighted by molar-refractivity contribution is 6.45. The topological polar surface area (TPSA) is 74.8 Å². The number of fused-ring (bicyclic) bond motifs is 2. The average Bonchev–Trinajstić information content (AvgIpc) is 3.14. The van der Waals surface area contributed by atoms with Crippen LogP contribution in [0.5, 0.6) is 0 Å². The molecule has 6 heteroatoms. The smallest absolute Gasteiger partial charge is 0.266 e. The summed E-state index contributed by atoms with van der Waals surface area (Å²) in [7, 11) is 0. The normalized spacial score (nSPS) is 15.3. The van der Waals surface area contributed by atoms with Gasteiger partial charge >= 0.3 is 0 Å². The Balaban J connectivity index is 1.28. The molecule has 2 heterocycles. The van der Waals surface area contributed by atoms with E-state index >= 15 is 0 Å². The molecule has 0 saturated carbocycles. The zero-order chi connectivity index (χ0) is 41.8. The van der Waals surface area contributed by atoms with Gasteiger partial charge in [0.25, 0.3) is 23.6 Å². The maximum atomic E-state index is 14.9. The minimum absolute atomic E-state index is 0.339. The maximum absolute atomic E-state index is 14.9. The lowest BCUT2D eigenvalue weighted by atomic mass is 9.77. The molecule has 0 aromatic heterocycles. The lowest BCUT2D eigenvalue weighted by Crippen LogP contribution is -2.43. The number of hydrogen-bond donors (Lipinski definition) is 0. The van der Waals surface area contributed by atoms with Gasteiger partial charge in [0, 0.05) is 33.0 Å². The third-order valence-corrected chi connectivity index (χ3v) is 12.4. The van der Waals surface area contributed by atoms with Crippen LogP contribution in [0.4, 0.5) is 11.4 Å². The summed E-state index contributed by atoms with van der Waals surface area (Å²) < 4.78 is 0. The molecule has 0 atom stereocenters. The molecule has 2 aliphatic heterocycles. The average molecular weight is 767 g/mol. The van der Waals surface area contributed by atoms with E-state index in [-0.39, 0.29) is 45.3 Å². The number of hydrogen-bond acceptors (Lipinski definition) is 4. The number of anilines is 2. The number of rotatable bonds is 2. The van der Waals surface area contributed by atoms with E-state index in [9.17, 15) is 19.2 Å². The zero-order valence-corrected chi connectivity index (χ0v) is 35.6. The lowest BCUT2D eigenvalue weighted by Gasteiger charge is -2.37. The van der Waals surface area contributed by atoms with Crippen molar-refractivity contribution < 1.29 is 19.2 Å². The number of para-hydroxylation sites is 2. The second-order valence-corrected chi connectivity index (χ2v) is 20.4. The van der Waals surface area contributed by atoms with Gasteiger partial charge in [-0.2, -0.15) is 0 Å². The van der Waals surface area contributed by atoms with Crippen molar-refractivity contribution in [2.24, 2.45) is 0 Å². The number of carbonyl (C=O) groups excluding carboxylic acids is 4. The molecular formula is C52H50N2O4. The van der Waals surface area contributed by atoms with Crippen molar-refractivity contribution >= 4 is 78.1 Å². The Kier molecular flexibility index (Phi) is 7.70. The Morgan fingerprint density at radius 1 is 0.310 bits per heavy atom. The van der Waals surface area contributed by atoms with Crippen molar-refractivity contribution in [3.8, 4) is 0 Å². The molecule has 0 saturated heterocycles. The lowest BCUT2D eigenvalue weighted by molar-refractivity contribution is 0.0876. The van der Waals surface area contributed by atoms with Crippen molar-refractivity contribution in [3.63, 3.8) is 0 Å². The summed E-state index contributed by atoms with van der Waals surface area (Å²) in [5, 5.41) is 6.38. The van der Waals surface area contributed by atoms with Crippen molar-refractivity contribution in [1.82, 2.24) is 0 Å². The van der Waals surface area contributed by atoms with Crippen molar-refractivity contribution in [3.05, 3.63) is 129 Å². The van der Waals surface area contributed by atoms with Crippen LogP contribution < -0.4 is 9.80 Å². The molecule has 7 aromatic carbocycles. The molecule has 0 spiro atoms. The zero-order valence-electron chi connectivity index (χ0n) is 35.6.